The van der Waals surface area contributed by atoms with E-state index in [0.29, 0.717) is 31.9 Å². The number of aryl methyl sites for hydroxylation is 3. The molecule has 2 heterocycles. The first-order valence-corrected chi connectivity index (χ1v) is 9.88. The van der Waals surface area contributed by atoms with Gasteiger partial charge in [0.1, 0.15) is 0 Å². The number of carbonyl (C=O) groups excluding carboxylic acids is 1. The highest BCUT2D eigenvalue weighted by molar-refractivity contribution is 5.87. The van der Waals surface area contributed by atoms with E-state index >= 15 is 0 Å². The number of nitrogens with zero attached hydrogens (tertiary/aromatic N) is 2. The number of hydrogen-bond acceptors (Lipinski definition) is 4. The van der Waals surface area contributed by atoms with Gasteiger partial charge in [-0.05, 0) is 54.8 Å². The number of hydrogen-bond donors (Lipinski definition) is 1. The molecule has 0 spiro atoms. The van der Waals surface area contributed by atoms with Gasteiger partial charge >= 0.3 is 0 Å². The molecule has 0 bridgehead atoms. The maximum Gasteiger partial charge on any atom is 0.241 e. The zero-order chi connectivity index (χ0) is 20.2. The van der Waals surface area contributed by atoms with E-state index in [2.05, 4.69) is 47.3 Å². The molecule has 0 saturated heterocycles. The number of benzene rings is 2. The highest BCUT2D eigenvalue weighted by Crippen LogP contribution is 2.30. The van der Waals surface area contributed by atoms with Gasteiger partial charge in [0.25, 0.3) is 0 Å². The Morgan fingerprint density at radius 2 is 1.97 bits per heavy atom. The molecule has 0 unspecified atom stereocenters. The maximum atomic E-state index is 12.2. The highest BCUT2D eigenvalue weighted by atomic mass is 16.5. The molecule has 1 aliphatic rings. The predicted octanol–water partition coefficient (Wildman–Crippen LogP) is 3.96. The fourth-order valence-electron chi connectivity index (χ4n) is 3.67. The SMILES string of the molecule is Cc1cccc2c1c(C)cn2CCC(=O)NN=Cc1ccc2c(c1)OCCCO2. The number of hydrazone groups is 1. The summed E-state index contributed by atoms with van der Waals surface area (Å²) in [6.07, 6.45) is 4.94. The van der Waals surface area contributed by atoms with E-state index in [1.807, 2.05) is 24.3 Å². The third-order valence-electron chi connectivity index (χ3n) is 5.06. The first kappa shape index (κ1) is 19.1. The molecular formula is C23H25N3O3. The van der Waals surface area contributed by atoms with Crippen molar-refractivity contribution in [1.82, 2.24) is 9.99 Å². The fraction of sp³-hybridized carbons (Fsp3) is 0.304. The van der Waals surface area contributed by atoms with Gasteiger partial charge in [0.15, 0.2) is 11.5 Å². The van der Waals surface area contributed by atoms with Gasteiger partial charge in [-0.15, -0.1) is 0 Å². The lowest BCUT2D eigenvalue weighted by atomic mass is 10.1. The summed E-state index contributed by atoms with van der Waals surface area (Å²) < 4.78 is 13.4. The number of aromatic nitrogens is 1. The minimum atomic E-state index is -0.122. The van der Waals surface area contributed by atoms with E-state index in [4.69, 9.17) is 9.47 Å². The molecule has 0 aliphatic carbocycles. The smallest absolute Gasteiger partial charge is 0.241 e. The molecule has 4 rings (SSSR count). The molecule has 0 atom stereocenters. The largest absolute Gasteiger partial charge is 0.490 e. The van der Waals surface area contributed by atoms with E-state index in [9.17, 15) is 4.79 Å². The molecule has 29 heavy (non-hydrogen) atoms. The van der Waals surface area contributed by atoms with Crippen molar-refractivity contribution in [3.05, 3.63) is 59.3 Å². The van der Waals surface area contributed by atoms with E-state index in [0.717, 1.165) is 23.3 Å². The van der Waals surface area contributed by atoms with Gasteiger partial charge in [-0.1, -0.05) is 12.1 Å². The Balaban J connectivity index is 1.35. The van der Waals surface area contributed by atoms with Crippen LogP contribution in [0.1, 0.15) is 29.5 Å². The highest BCUT2D eigenvalue weighted by Gasteiger charge is 2.11. The topological polar surface area (TPSA) is 64.9 Å². The third kappa shape index (κ3) is 4.26. The number of carbonyl (C=O) groups is 1. The Bertz CT molecular complexity index is 1070. The Kier molecular flexibility index (Phi) is 5.51. The molecule has 0 saturated carbocycles. The minimum Gasteiger partial charge on any atom is -0.490 e. The van der Waals surface area contributed by atoms with Crippen LogP contribution in [0.4, 0.5) is 0 Å². The first-order chi connectivity index (χ1) is 14.1. The van der Waals surface area contributed by atoms with Gasteiger partial charge < -0.3 is 14.0 Å². The van der Waals surface area contributed by atoms with Crippen molar-refractivity contribution in [2.24, 2.45) is 5.10 Å². The summed E-state index contributed by atoms with van der Waals surface area (Å²) in [6.45, 7) is 6.12. The minimum absolute atomic E-state index is 0.122. The van der Waals surface area contributed by atoms with Crippen molar-refractivity contribution in [3.63, 3.8) is 0 Å². The molecule has 1 aliphatic heterocycles. The van der Waals surface area contributed by atoms with Crippen LogP contribution in [-0.2, 0) is 11.3 Å². The number of fused-ring (bicyclic) bond motifs is 2. The van der Waals surface area contributed by atoms with Crippen LogP contribution < -0.4 is 14.9 Å². The standard InChI is InChI=1S/C23H25N3O3/c1-16-5-3-6-19-23(16)17(2)15-26(19)10-9-22(27)25-24-14-18-7-8-20-21(13-18)29-12-4-11-28-20/h3,5-8,13-15H,4,9-12H2,1-2H3,(H,25,27). The molecule has 1 amide bonds. The molecule has 6 nitrogen and oxygen atoms in total. The van der Waals surface area contributed by atoms with E-state index in [-0.39, 0.29) is 5.91 Å². The van der Waals surface area contributed by atoms with Crippen molar-refractivity contribution < 1.29 is 14.3 Å². The van der Waals surface area contributed by atoms with Crippen LogP contribution in [0.2, 0.25) is 0 Å². The summed E-state index contributed by atoms with van der Waals surface area (Å²) in [5.41, 5.74) is 7.09. The normalized spacial score (nSPS) is 13.6. The van der Waals surface area contributed by atoms with Crippen LogP contribution in [0.5, 0.6) is 11.5 Å². The zero-order valence-electron chi connectivity index (χ0n) is 16.8. The lowest BCUT2D eigenvalue weighted by Crippen LogP contribution is -2.19. The Morgan fingerprint density at radius 3 is 2.83 bits per heavy atom. The summed E-state index contributed by atoms with van der Waals surface area (Å²) in [4.78, 5) is 12.2. The first-order valence-electron chi connectivity index (χ1n) is 9.88. The van der Waals surface area contributed by atoms with Crippen molar-refractivity contribution in [1.29, 1.82) is 0 Å². The number of amides is 1. The molecule has 1 N–H and O–H groups in total. The summed E-state index contributed by atoms with van der Waals surface area (Å²) in [5.74, 6) is 1.33. The molecule has 3 aromatic rings. The maximum absolute atomic E-state index is 12.2. The van der Waals surface area contributed by atoms with Crippen LogP contribution >= 0.6 is 0 Å². The average molecular weight is 391 g/mol. The van der Waals surface area contributed by atoms with Gasteiger partial charge in [0, 0.05) is 36.5 Å². The molecular weight excluding hydrogens is 366 g/mol. The van der Waals surface area contributed by atoms with Crippen molar-refractivity contribution in [2.45, 2.75) is 33.2 Å². The number of rotatable bonds is 5. The van der Waals surface area contributed by atoms with Crippen LogP contribution in [0, 0.1) is 13.8 Å². The van der Waals surface area contributed by atoms with Gasteiger partial charge in [-0.3, -0.25) is 4.79 Å². The van der Waals surface area contributed by atoms with Crippen LogP contribution in [0.15, 0.2) is 47.7 Å². The number of ether oxygens (including phenoxy) is 2. The quantitative estimate of drug-likeness (QED) is 0.529. The van der Waals surface area contributed by atoms with E-state index in [1.54, 1.807) is 6.21 Å². The molecule has 0 radical (unpaired) electrons. The van der Waals surface area contributed by atoms with Gasteiger partial charge in [0.05, 0.1) is 19.4 Å². The Morgan fingerprint density at radius 1 is 1.14 bits per heavy atom. The summed E-state index contributed by atoms with van der Waals surface area (Å²) in [5, 5.41) is 5.34. The predicted molar refractivity (Wildman–Crippen MR) is 114 cm³/mol. The van der Waals surface area contributed by atoms with Gasteiger partial charge in [-0.25, -0.2) is 5.43 Å². The molecule has 1 aromatic heterocycles. The average Bonchev–Trinajstić information content (AvgIpc) is 2.88. The third-order valence-corrected chi connectivity index (χ3v) is 5.06. The second-order valence-electron chi connectivity index (χ2n) is 7.27. The second-order valence-corrected chi connectivity index (χ2v) is 7.27. The molecule has 150 valence electrons. The van der Waals surface area contributed by atoms with Gasteiger partial charge in [0.2, 0.25) is 5.91 Å². The molecule has 0 fully saturated rings. The summed E-state index contributed by atoms with van der Waals surface area (Å²) in [6, 6.07) is 11.9. The lowest BCUT2D eigenvalue weighted by Gasteiger charge is -2.07. The van der Waals surface area contributed by atoms with Crippen LogP contribution in [-0.4, -0.2) is 29.9 Å². The Labute approximate surface area is 170 Å². The van der Waals surface area contributed by atoms with Crippen molar-refractivity contribution >= 4 is 23.0 Å². The fourth-order valence-corrected chi connectivity index (χ4v) is 3.67. The lowest BCUT2D eigenvalue weighted by molar-refractivity contribution is -0.121. The monoisotopic (exact) mass is 391 g/mol. The zero-order valence-corrected chi connectivity index (χ0v) is 16.8. The van der Waals surface area contributed by atoms with Crippen molar-refractivity contribution in [3.8, 4) is 11.5 Å². The summed E-state index contributed by atoms with van der Waals surface area (Å²) in [7, 11) is 0. The molecule has 2 aromatic carbocycles. The summed E-state index contributed by atoms with van der Waals surface area (Å²) >= 11 is 0. The second kappa shape index (κ2) is 8.39. The number of nitrogens with one attached hydrogen (secondary N) is 1. The van der Waals surface area contributed by atoms with Gasteiger partial charge in [-0.2, -0.15) is 5.10 Å². The van der Waals surface area contributed by atoms with Crippen molar-refractivity contribution in [2.75, 3.05) is 13.2 Å². The van der Waals surface area contributed by atoms with Crippen LogP contribution in [0.25, 0.3) is 10.9 Å². The van der Waals surface area contributed by atoms with Crippen LogP contribution in [0.3, 0.4) is 0 Å². The Hall–Kier alpha value is -3.28. The molecule has 6 heteroatoms. The van der Waals surface area contributed by atoms with E-state index in [1.165, 1.54) is 16.5 Å². The van der Waals surface area contributed by atoms with E-state index < -0.39 is 0 Å².